The van der Waals surface area contributed by atoms with E-state index in [4.69, 9.17) is 0 Å². The lowest BCUT2D eigenvalue weighted by atomic mass is 10.8. The number of nitrogens with one attached hydrogen (secondary N) is 1. The van der Waals surface area contributed by atoms with Gasteiger partial charge in [-0.1, -0.05) is 0 Å². The van der Waals surface area contributed by atoms with Gasteiger partial charge in [-0.05, 0) is 6.92 Å². The monoisotopic (exact) mass is 137 g/mol. The molecule has 2 atom stereocenters. The van der Waals surface area contributed by atoms with Crippen molar-refractivity contribution in [3.8, 4) is 0 Å². The van der Waals surface area contributed by atoms with E-state index in [0.717, 1.165) is 5.08 Å². The minimum absolute atomic E-state index is 0.390. The molecule has 0 amide bonds. The minimum Gasteiger partial charge on any atom is -0.242 e. The first-order chi connectivity index (χ1) is 3.29. The fourth-order valence-electron chi connectivity index (χ4n) is 0.417. The normalized spacial score (nSPS) is 41.9. The van der Waals surface area contributed by atoms with Crippen LogP contribution in [0, 0.1) is 0 Å². The minimum atomic E-state index is -0.740. The lowest BCUT2D eigenvalue weighted by Crippen LogP contribution is -2.16. The summed E-state index contributed by atoms with van der Waals surface area (Å²) in [6.07, 6.45) is 0. The Morgan fingerprint density at radius 2 is 2.71 bits per heavy atom. The molecule has 0 saturated carbocycles. The van der Waals surface area contributed by atoms with E-state index in [1.54, 1.807) is 11.8 Å². The van der Waals surface area contributed by atoms with Gasteiger partial charge in [0, 0.05) is 0 Å². The molecule has 0 aromatic carbocycles. The Labute approximate surface area is 49.6 Å². The quantitative estimate of drug-likeness (QED) is 0.520. The first kappa shape index (κ1) is 5.59. The van der Waals surface area contributed by atoms with Crippen molar-refractivity contribution in [2.24, 2.45) is 0 Å². The van der Waals surface area contributed by atoms with Crippen LogP contribution in [0.2, 0.25) is 0 Å². The van der Waals surface area contributed by atoms with Gasteiger partial charge in [-0.3, -0.25) is 0 Å². The van der Waals surface area contributed by atoms with Crippen LogP contribution < -0.4 is 4.72 Å². The fourth-order valence-corrected chi connectivity index (χ4v) is 2.96. The number of thioether (sulfide) groups is 1. The van der Waals surface area contributed by atoms with Crippen molar-refractivity contribution in [3.63, 3.8) is 0 Å². The van der Waals surface area contributed by atoms with Crippen molar-refractivity contribution >= 4 is 22.7 Å². The van der Waals surface area contributed by atoms with E-state index in [-0.39, 0.29) is 0 Å². The molecule has 2 unspecified atom stereocenters. The molecule has 1 rings (SSSR count). The number of hydrogen-bond acceptors (Lipinski definition) is 2. The summed E-state index contributed by atoms with van der Waals surface area (Å²) in [7, 11) is -0.740. The van der Waals surface area contributed by atoms with Crippen LogP contribution in [-0.2, 0) is 11.0 Å². The van der Waals surface area contributed by atoms with E-state index >= 15 is 0 Å². The Bertz CT molecular complexity index is 94.9. The summed E-state index contributed by atoms with van der Waals surface area (Å²) in [5, 5.41) is 1.14. The molecule has 0 aromatic rings. The summed E-state index contributed by atoms with van der Waals surface area (Å²) < 4.78 is 13.3. The van der Waals surface area contributed by atoms with E-state index in [2.05, 4.69) is 4.72 Å². The largest absolute Gasteiger partial charge is 0.242 e. The highest BCUT2D eigenvalue weighted by Crippen LogP contribution is 2.15. The predicted octanol–water partition coefficient (Wildman–Crippen LogP) is 0.290. The number of hydrogen-bond donors (Lipinski definition) is 1. The molecule has 1 N–H and O–H groups in total. The van der Waals surface area contributed by atoms with Crippen LogP contribution >= 0.6 is 11.8 Å². The number of rotatable bonds is 0. The van der Waals surface area contributed by atoms with Crippen LogP contribution in [0.3, 0.4) is 0 Å². The zero-order chi connectivity index (χ0) is 5.28. The third kappa shape index (κ3) is 1.44. The van der Waals surface area contributed by atoms with Gasteiger partial charge in [0.2, 0.25) is 0 Å². The van der Waals surface area contributed by atoms with Gasteiger partial charge in [-0.2, -0.15) is 0 Å². The standard InChI is InChI=1S/C3H7NOS2/c1-3-4-7(5)2-6-3/h3-4H,2H2,1H3. The van der Waals surface area contributed by atoms with Gasteiger partial charge in [0.05, 0.1) is 10.5 Å². The lowest BCUT2D eigenvalue weighted by molar-refractivity contribution is 0.678. The average Bonchev–Trinajstić information content (AvgIpc) is 1.87. The van der Waals surface area contributed by atoms with Crippen molar-refractivity contribution in [2.45, 2.75) is 12.3 Å². The van der Waals surface area contributed by atoms with Crippen molar-refractivity contribution < 1.29 is 4.21 Å². The maximum atomic E-state index is 10.4. The highest BCUT2D eigenvalue weighted by atomic mass is 32.2. The molecule has 0 aromatic heterocycles. The highest BCUT2D eigenvalue weighted by molar-refractivity contribution is 8.12. The molecule has 7 heavy (non-hydrogen) atoms. The Morgan fingerprint density at radius 1 is 2.00 bits per heavy atom. The first-order valence-electron chi connectivity index (χ1n) is 2.05. The molecule has 1 heterocycles. The van der Waals surface area contributed by atoms with Gasteiger partial charge in [0.1, 0.15) is 11.0 Å². The fraction of sp³-hybridized carbons (Fsp3) is 1.00. The smallest absolute Gasteiger partial charge is 0.103 e. The van der Waals surface area contributed by atoms with Crippen LogP contribution in [0.1, 0.15) is 6.92 Å². The van der Waals surface area contributed by atoms with E-state index in [0.29, 0.717) is 5.37 Å². The summed E-state index contributed by atoms with van der Waals surface area (Å²) in [4.78, 5) is 0. The zero-order valence-electron chi connectivity index (χ0n) is 4.01. The van der Waals surface area contributed by atoms with E-state index < -0.39 is 11.0 Å². The second-order valence-electron chi connectivity index (χ2n) is 1.39. The molecule has 0 aliphatic carbocycles. The third-order valence-corrected chi connectivity index (χ3v) is 3.51. The van der Waals surface area contributed by atoms with Crippen LogP contribution in [0.5, 0.6) is 0 Å². The van der Waals surface area contributed by atoms with Crippen molar-refractivity contribution in [1.82, 2.24) is 4.72 Å². The van der Waals surface area contributed by atoms with E-state index in [1.807, 2.05) is 6.92 Å². The van der Waals surface area contributed by atoms with Crippen molar-refractivity contribution in [3.05, 3.63) is 0 Å². The van der Waals surface area contributed by atoms with Crippen LogP contribution in [0.15, 0.2) is 0 Å². The first-order valence-corrected chi connectivity index (χ1v) is 4.42. The summed E-state index contributed by atoms with van der Waals surface area (Å²) in [5.74, 6) is 0. The third-order valence-electron chi connectivity index (χ3n) is 0.722. The topological polar surface area (TPSA) is 29.1 Å². The summed E-state index contributed by atoms with van der Waals surface area (Å²) in [6, 6.07) is 0. The second kappa shape index (κ2) is 2.15. The highest BCUT2D eigenvalue weighted by Gasteiger charge is 2.14. The molecular weight excluding hydrogens is 130 g/mol. The molecule has 0 radical (unpaired) electrons. The Morgan fingerprint density at radius 3 is 2.86 bits per heavy atom. The van der Waals surface area contributed by atoms with Gasteiger partial charge in [-0.25, -0.2) is 8.93 Å². The molecular formula is C3H7NOS2. The van der Waals surface area contributed by atoms with Crippen LogP contribution in [0.25, 0.3) is 0 Å². The van der Waals surface area contributed by atoms with E-state index in [1.165, 1.54) is 0 Å². The molecule has 2 nitrogen and oxygen atoms in total. The van der Waals surface area contributed by atoms with Gasteiger partial charge in [0.25, 0.3) is 0 Å². The van der Waals surface area contributed by atoms with Crippen LogP contribution in [0.4, 0.5) is 0 Å². The Balaban J connectivity index is 2.40. The van der Waals surface area contributed by atoms with Crippen LogP contribution in [-0.4, -0.2) is 14.7 Å². The molecule has 1 aliphatic heterocycles. The molecule has 1 aliphatic rings. The average molecular weight is 137 g/mol. The van der Waals surface area contributed by atoms with Crippen molar-refractivity contribution in [1.29, 1.82) is 0 Å². The second-order valence-corrected chi connectivity index (χ2v) is 4.30. The molecule has 1 saturated heterocycles. The van der Waals surface area contributed by atoms with Gasteiger partial charge < -0.3 is 0 Å². The maximum absolute atomic E-state index is 10.4. The summed E-state index contributed by atoms with van der Waals surface area (Å²) in [6.45, 7) is 2.01. The lowest BCUT2D eigenvalue weighted by Gasteiger charge is -1.92. The van der Waals surface area contributed by atoms with E-state index in [9.17, 15) is 4.21 Å². The maximum Gasteiger partial charge on any atom is 0.103 e. The summed E-state index contributed by atoms with van der Waals surface area (Å²) in [5.41, 5.74) is 0. The summed E-state index contributed by atoms with van der Waals surface area (Å²) >= 11 is 1.69. The van der Waals surface area contributed by atoms with Gasteiger partial charge >= 0.3 is 0 Å². The zero-order valence-corrected chi connectivity index (χ0v) is 5.64. The van der Waals surface area contributed by atoms with Gasteiger partial charge in [0.15, 0.2) is 0 Å². The molecule has 0 spiro atoms. The Hall–Kier alpha value is 0.460. The predicted molar refractivity (Wildman–Crippen MR) is 33.2 cm³/mol. The molecule has 0 bridgehead atoms. The molecule has 42 valence electrons. The van der Waals surface area contributed by atoms with Gasteiger partial charge in [-0.15, -0.1) is 11.8 Å². The Kier molecular flexibility index (Phi) is 1.72. The molecule has 1 fully saturated rings. The van der Waals surface area contributed by atoms with Crippen molar-refractivity contribution in [2.75, 3.05) is 5.08 Å². The molecule has 4 heteroatoms. The SMILES string of the molecule is CC1NS(=O)CS1.